The van der Waals surface area contributed by atoms with Crippen molar-refractivity contribution in [2.75, 3.05) is 5.32 Å². The van der Waals surface area contributed by atoms with Crippen molar-refractivity contribution in [2.45, 2.75) is 20.1 Å². The molecular weight excluding hydrogens is 402 g/mol. The van der Waals surface area contributed by atoms with E-state index in [1.54, 1.807) is 5.38 Å². The summed E-state index contributed by atoms with van der Waals surface area (Å²) in [6, 6.07) is 18.2. The zero-order valence-electron chi connectivity index (χ0n) is 15.8. The first-order valence-corrected chi connectivity index (χ1v) is 10.9. The number of ether oxygens (including phenoxy) is 1. The molecule has 0 aliphatic carbocycles. The Balaban J connectivity index is 1.31. The molecule has 146 valence electrons. The molecule has 0 aliphatic heterocycles. The molecule has 4 aromatic rings. The number of carbonyl (C=O) groups is 1. The molecule has 0 amide bonds. The van der Waals surface area contributed by atoms with Gasteiger partial charge in [-0.25, -0.2) is 14.8 Å². The van der Waals surface area contributed by atoms with Crippen LogP contribution in [-0.2, 0) is 17.9 Å². The summed E-state index contributed by atoms with van der Waals surface area (Å²) >= 11 is 2.92. The molecular formula is C22H19N3O2S2. The van der Waals surface area contributed by atoms with E-state index in [0.717, 1.165) is 21.8 Å². The lowest BCUT2D eigenvalue weighted by molar-refractivity contribution is 0.0462. The fraction of sp³-hybridized carbons (Fsp3) is 0.136. The van der Waals surface area contributed by atoms with E-state index in [1.807, 2.05) is 47.8 Å². The Kier molecular flexibility index (Phi) is 5.97. The third-order valence-corrected chi connectivity index (χ3v) is 5.94. The molecule has 0 bridgehead atoms. The summed E-state index contributed by atoms with van der Waals surface area (Å²) in [5.74, 6) is -0.445. The highest BCUT2D eigenvalue weighted by atomic mass is 32.1. The van der Waals surface area contributed by atoms with Crippen molar-refractivity contribution in [3.8, 4) is 10.6 Å². The number of hydrogen-bond acceptors (Lipinski definition) is 7. The maximum Gasteiger partial charge on any atom is 0.358 e. The van der Waals surface area contributed by atoms with Crippen LogP contribution in [0, 0.1) is 6.92 Å². The Morgan fingerprint density at radius 1 is 1.00 bits per heavy atom. The van der Waals surface area contributed by atoms with Crippen molar-refractivity contribution in [3.63, 3.8) is 0 Å². The third-order valence-electron chi connectivity index (χ3n) is 4.20. The number of thiazole rings is 2. The fourth-order valence-electron chi connectivity index (χ4n) is 2.64. The van der Waals surface area contributed by atoms with Gasteiger partial charge >= 0.3 is 5.97 Å². The minimum Gasteiger partial charge on any atom is -0.454 e. The number of nitrogens with one attached hydrogen (secondary N) is 1. The number of nitrogens with zero attached hydrogens (tertiary/aromatic N) is 2. The Morgan fingerprint density at radius 2 is 1.79 bits per heavy atom. The second-order valence-corrected chi connectivity index (χ2v) is 8.18. The van der Waals surface area contributed by atoms with E-state index < -0.39 is 5.97 Å². The van der Waals surface area contributed by atoms with Crippen LogP contribution in [0.25, 0.3) is 10.6 Å². The normalized spacial score (nSPS) is 10.7. The number of aromatic nitrogens is 2. The van der Waals surface area contributed by atoms with Crippen LogP contribution in [0.3, 0.4) is 0 Å². The smallest absolute Gasteiger partial charge is 0.358 e. The molecule has 2 aromatic carbocycles. The number of anilines is 1. The van der Waals surface area contributed by atoms with Crippen LogP contribution in [0.4, 0.5) is 5.13 Å². The van der Waals surface area contributed by atoms with Crippen molar-refractivity contribution < 1.29 is 9.53 Å². The van der Waals surface area contributed by atoms with Crippen LogP contribution in [0.15, 0.2) is 65.4 Å². The highest BCUT2D eigenvalue weighted by Gasteiger charge is 2.14. The number of hydrogen-bond donors (Lipinski definition) is 1. The van der Waals surface area contributed by atoms with Crippen LogP contribution < -0.4 is 5.32 Å². The van der Waals surface area contributed by atoms with E-state index in [0.29, 0.717) is 17.4 Å². The molecule has 1 N–H and O–H groups in total. The SMILES string of the molecule is Cc1ccc(-c2nc(COC(=O)c3csc(NCc4ccccc4)n3)cs2)cc1. The van der Waals surface area contributed by atoms with Crippen LogP contribution in [-0.4, -0.2) is 15.9 Å². The zero-order valence-corrected chi connectivity index (χ0v) is 17.4. The Labute approximate surface area is 177 Å². The van der Waals surface area contributed by atoms with Crippen molar-refractivity contribution in [2.24, 2.45) is 0 Å². The summed E-state index contributed by atoms with van der Waals surface area (Å²) in [6.45, 7) is 2.84. The van der Waals surface area contributed by atoms with Gasteiger partial charge in [-0.3, -0.25) is 0 Å². The molecule has 0 spiro atoms. The second kappa shape index (κ2) is 8.98. The average molecular weight is 422 g/mol. The van der Waals surface area contributed by atoms with Gasteiger partial charge in [0.15, 0.2) is 10.8 Å². The third kappa shape index (κ3) is 5.07. The van der Waals surface area contributed by atoms with Crippen LogP contribution >= 0.6 is 22.7 Å². The van der Waals surface area contributed by atoms with E-state index in [2.05, 4.69) is 34.3 Å². The molecule has 2 heterocycles. The van der Waals surface area contributed by atoms with E-state index in [1.165, 1.54) is 28.2 Å². The summed E-state index contributed by atoms with van der Waals surface area (Å²) in [5, 5.41) is 8.45. The highest BCUT2D eigenvalue weighted by Crippen LogP contribution is 2.24. The molecule has 0 atom stereocenters. The van der Waals surface area contributed by atoms with Crippen molar-refractivity contribution in [1.82, 2.24) is 9.97 Å². The van der Waals surface area contributed by atoms with E-state index in [4.69, 9.17) is 4.74 Å². The molecule has 0 saturated heterocycles. The molecule has 2 aromatic heterocycles. The molecule has 29 heavy (non-hydrogen) atoms. The molecule has 4 rings (SSSR count). The topological polar surface area (TPSA) is 64.1 Å². The maximum atomic E-state index is 12.3. The number of carbonyl (C=O) groups excluding carboxylic acids is 1. The van der Waals surface area contributed by atoms with Crippen LogP contribution in [0.2, 0.25) is 0 Å². The Morgan fingerprint density at radius 3 is 2.59 bits per heavy atom. The van der Waals surface area contributed by atoms with Gasteiger partial charge in [-0.2, -0.15) is 0 Å². The summed E-state index contributed by atoms with van der Waals surface area (Å²) in [6.07, 6.45) is 0. The Hall–Kier alpha value is -3.03. The number of rotatable bonds is 7. The molecule has 0 aliphatic rings. The molecule has 5 nitrogen and oxygen atoms in total. The van der Waals surface area contributed by atoms with Gasteiger partial charge in [0.2, 0.25) is 0 Å². The van der Waals surface area contributed by atoms with Gasteiger partial charge in [0.25, 0.3) is 0 Å². The predicted octanol–water partition coefficient (Wildman–Crippen LogP) is 5.54. The fourth-order valence-corrected chi connectivity index (χ4v) is 4.13. The molecule has 0 saturated carbocycles. The van der Waals surface area contributed by atoms with E-state index in [-0.39, 0.29) is 6.61 Å². The maximum absolute atomic E-state index is 12.3. The summed E-state index contributed by atoms with van der Waals surface area (Å²) in [4.78, 5) is 21.2. The lowest BCUT2D eigenvalue weighted by atomic mass is 10.2. The van der Waals surface area contributed by atoms with Crippen LogP contribution in [0.5, 0.6) is 0 Å². The van der Waals surface area contributed by atoms with Gasteiger partial charge < -0.3 is 10.1 Å². The average Bonchev–Trinajstić information content (AvgIpc) is 3.42. The minimum atomic E-state index is -0.445. The predicted molar refractivity (Wildman–Crippen MR) is 117 cm³/mol. The van der Waals surface area contributed by atoms with E-state index >= 15 is 0 Å². The lowest BCUT2D eigenvalue weighted by Gasteiger charge is -2.02. The zero-order chi connectivity index (χ0) is 20.1. The number of esters is 1. The van der Waals surface area contributed by atoms with E-state index in [9.17, 15) is 4.79 Å². The molecule has 0 radical (unpaired) electrons. The Bertz CT molecular complexity index is 1090. The largest absolute Gasteiger partial charge is 0.454 e. The van der Waals surface area contributed by atoms with Gasteiger partial charge in [-0.1, -0.05) is 60.2 Å². The standard InChI is InChI=1S/C22H19N3O2S2/c1-15-7-9-17(10-8-15)20-24-18(13-28-20)12-27-21(26)19-14-29-22(25-19)23-11-16-5-3-2-4-6-16/h2-10,13-14H,11-12H2,1H3,(H,23,25). The first-order chi connectivity index (χ1) is 14.2. The lowest BCUT2D eigenvalue weighted by Crippen LogP contribution is -2.06. The van der Waals surface area contributed by atoms with Gasteiger partial charge in [0, 0.05) is 22.9 Å². The van der Waals surface area contributed by atoms with Crippen molar-refractivity contribution >= 4 is 33.8 Å². The molecule has 0 unspecified atom stereocenters. The quantitative estimate of drug-likeness (QED) is 0.397. The summed E-state index contributed by atoms with van der Waals surface area (Å²) < 4.78 is 5.38. The monoisotopic (exact) mass is 421 g/mol. The first kappa shape index (κ1) is 19.3. The van der Waals surface area contributed by atoms with Gasteiger partial charge in [0.1, 0.15) is 11.6 Å². The minimum absolute atomic E-state index is 0.130. The van der Waals surface area contributed by atoms with Crippen molar-refractivity contribution in [1.29, 1.82) is 0 Å². The van der Waals surface area contributed by atoms with Gasteiger partial charge in [-0.05, 0) is 12.5 Å². The summed E-state index contributed by atoms with van der Waals surface area (Å²) in [7, 11) is 0. The molecule has 7 heteroatoms. The second-order valence-electron chi connectivity index (χ2n) is 6.46. The molecule has 0 fully saturated rings. The number of aryl methyl sites for hydroxylation is 1. The highest BCUT2D eigenvalue weighted by molar-refractivity contribution is 7.14. The van der Waals surface area contributed by atoms with Crippen molar-refractivity contribution in [3.05, 3.63) is 87.9 Å². The summed E-state index contributed by atoms with van der Waals surface area (Å²) in [5.41, 5.74) is 4.46. The van der Waals surface area contributed by atoms with Gasteiger partial charge in [-0.15, -0.1) is 22.7 Å². The number of benzene rings is 2. The first-order valence-electron chi connectivity index (χ1n) is 9.09. The van der Waals surface area contributed by atoms with Gasteiger partial charge in [0.05, 0.1) is 5.69 Å². The van der Waals surface area contributed by atoms with Crippen LogP contribution in [0.1, 0.15) is 27.3 Å².